The molecule has 4 heteroatoms. The highest BCUT2D eigenvalue weighted by Crippen LogP contribution is 2.31. The summed E-state index contributed by atoms with van der Waals surface area (Å²) in [6, 6.07) is 13.5. The molecule has 2 N–H and O–H groups in total. The van der Waals surface area contributed by atoms with E-state index < -0.39 is 0 Å². The van der Waals surface area contributed by atoms with Crippen LogP contribution < -0.4 is 10.5 Å². The first-order valence-corrected chi connectivity index (χ1v) is 7.58. The maximum absolute atomic E-state index is 6.18. The fourth-order valence-electron chi connectivity index (χ4n) is 1.97. The Morgan fingerprint density at radius 3 is 2.40 bits per heavy atom. The van der Waals surface area contributed by atoms with Crippen LogP contribution in [0.15, 0.2) is 46.9 Å². The van der Waals surface area contributed by atoms with Crippen LogP contribution in [0.3, 0.4) is 0 Å². The number of benzene rings is 2. The lowest BCUT2D eigenvalue weighted by molar-refractivity contribution is 0.180. The molecule has 0 amide bonds. The summed E-state index contributed by atoms with van der Waals surface area (Å²) in [5, 5.41) is 0.596. The zero-order chi connectivity index (χ0) is 14.7. The number of ether oxygens (including phenoxy) is 1. The number of nitrogens with two attached hydrogens (primary N) is 1. The zero-order valence-electron chi connectivity index (χ0n) is 11.4. The second-order valence-electron chi connectivity index (χ2n) is 4.88. The Morgan fingerprint density at radius 1 is 1.15 bits per heavy atom. The Labute approximate surface area is 133 Å². The van der Waals surface area contributed by atoms with Gasteiger partial charge in [0.25, 0.3) is 0 Å². The predicted octanol–water partition coefficient (Wildman–Crippen LogP) is 4.88. The van der Waals surface area contributed by atoms with Gasteiger partial charge in [-0.3, -0.25) is 0 Å². The summed E-state index contributed by atoms with van der Waals surface area (Å²) in [4.78, 5) is 0. The van der Waals surface area contributed by atoms with E-state index in [2.05, 4.69) is 15.9 Å². The third-order valence-electron chi connectivity index (χ3n) is 3.02. The third-order valence-corrected chi connectivity index (χ3v) is 3.86. The zero-order valence-corrected chi connectivity index (χ0v) is 13.8. The van der Waals surface area contributed by atoms with Gasteiger partial charge in [-0.1, -0.05) is 45.7 Å². The van der Waals surface area contributed by atoms with Gasteiger partial charge in [0, 0.05) is 10.5 Å². The lowest BCUT2D eigenvalue weighted by Gasteiger charge is -2.24. The summed E-state index contributed by atoms with van der Waals surface area (Å²) in [5.74, 6) is 0.664. The first-order valence-electron chi connectivity index (χ1n) is 6.41. The van der Waals surface area contributed by atoms with E-state index in [1.54, 1.807) is 0 Å². The van der Waals surface area contributed by atoms with Gasteiger partial charge in [0.2, 0.25) is 0 Å². The van der Waals surface area contributed by atoms with Crippen molar-refractivity contribution in [2.75, 3.05) is 0 Å². The molecule has 0 radical (unpaired) electrons. The van der Waals surface area contributed by atoms with Gasteiger partial charge in [0.1, 0.15) is 11.9 Å². The Kier molecular flexibility index (Phi) is 5.08. The molecule has 0 aliphatic carbocycles. The molecule has 0 heterocycles. The van der Waals surface area contributed by atoms with Crippen LogP contribution in [0.5, 0.6) is 5.75 Å². The van der Waals surface area contributed by atoms with E-state index in [0.29, 0.717) is 10.8 Å². The summed E-state index contributed by atoms with van der Waals surface area (Å²) in [7, 11) is 0. The highest BCUT2D eigenvalue weighted by atomic mass is 79.9. The molecule has 2 unspecified atom stereocenters. The minimum atomic E-state index is -0.234. The van der Waals surface area contributed by atoms with Crippen molar-refractivity contribution in [3.63, 3.8) is 0 Å². The number of halogens is 2. The first kappa shape index (κ1) is 15.4. The number of hydrogen-bond acceptors (Lipinski definition) is 2. The van der Waals surface area contributed by atoms with Crippen molar-refractivity contribution in [2.24, 2.45) is 5.73 Å². The molecule has 2 rings (SSSR count). The van der Waals surface area contributed by atoms with Crippen molar-refractivity contribution in [1.29, 1.82) is 0 Å². The van der Waals surface area contributed by atoms with Crippen molar-refractivity contribution < 1.29 is 4.74 Å². The molecule has 0 bridgehead atoms. The highest BCUT2D eigenvalue weighted by molar-refractivity contribution is 9.10. The van der Waals surface area contributed by atoms with Crippen LogP contribution >= 0.6 is 27.5 Å². The Bertz CT molecular complexity index is 584. The van der Waals surface area contributed by atoms with E-state index in [0.717, 1.165) is 15.6 Å². The van der Waals surface area contributed by atoms with Crippen LogP contribution in [0, 0.1) is 6.92 Å². The van der Waals surface area contributed by atoms with Gasteiger partial charge in [-0.2, -0.15) is 0 Å². The van der Waals surface area contributed by atoms with E-state index in [1.807, 2.05) is 56.3 Å². The molecule has 106 valence electrons. The largest absolute Gasteiger partial charge is 0.483 e. The number of rotatable bonds is 4. The fraction of sp³-hybridized carbons (Fsp3) is 0.250. The molecule has 0 spiro atoms. The van der Waals surface area contributed by atoms with Gasteiger partial charge < -0.3 is 10.5 Å². The van der Waals surface area contributed by atoms with E-state index in [1.165, 1.54) is 0 Å². The van der Waals surface area contributed by atoms with Gasteiger partial charge in [0.15, 0.2) is 0 Å². The molecule has 0 aliphatic heterocycles. The monoisotopic (exact) mass is 353 g/mol. The molecule has 2 aromatic carbocycles. The highest BCUT2D eigenvalue weighted by Gasteiger charge is 2.19. The molecule has 0 fully saturated rings. The maximum atomic E-state index is 6.18. The molecule has 0 saturated heterocycles. The summed E-state index contributed by atoms with van der Waals surface area (Å²) in [6.45, 7) is 3.93. The molecule has 2 nitrogen and oxygen atoms in total. The van der Waals surface area contributed by atoms with Crippen molar-refractivity contribution in [1.82, 2.24) is 0 Å². The summed E-state index contributed by atoms with van der Waals surface area (Å²) in [5.41, 5.74) is 8.19. The second kappa shape index (κ2) is 6.61. The number of hydrogen-bond donors (Lipinski definition) is 1. The van der Waals surface area contributed by atoms with Crippen LogP contribution in [0.1, 0.15) is 24.2 Å². The van der Waals surface area contributed by atoms with E-state index in [-0.39, 0.29) is 12.1 Å². The molecule has 0 aliphatic rings. The molecule has 2 atom stereocenters. The Balaban J connectivity index is 2.30. The van der Waals surface area contributed by atoms with Crippen LogP contribution in [0.4, 0.5) is 0 Å². The van der Waals surface area contributed by atoms with Crippen molar-refractivity contribution in [2.45, 2.75) is 26.0 Å². The molecule has 0 saturated carbocycles. The molecule has 0 aromatic heterocycles. The lowest BCUT2D eigenvalue weighted by atomic mass is 10.0. The van der Waals surface area contributed by atoms with Crippen LogP contribution in [0.25, 0.3) is 0 Å². The van der Waals surface area contributed by atoms with Gasteiger partial charge in [-0.15, -0.1) is 0 Å². The Hall–Kier alpha value is -1.03. The Morgan fingerprint density at radius 2 is 1.80 bits per heavy atom. The average Bonchev–Trinajstić information content (AvgIpc) is 2.40. The van der Waals surface area contributed by atoms with Gasteiger partial charge >= 0.3 is 0 Å². The minimum Gasteiger partial charge on any atom is -0.483 e. The normalized spacial score (nSPS) is 13.8. The SMILES string of the molecule is Cc1ccc(Cl)c(OC(c2ccc(Br)cc2)C(C)N)c1. The van der Waals surface area contributed by atoms with Crippen molar-refractivity contribution in [3.05, 3.63) is 63.1 Å². The maximum Gasteiger partial charge on any atom is 0.139 e. The standard InChI is InChI=1S/C16H17BrClNO/c1-10-3-8-14(18)15(9-10)20-16(11(2)19)12-4-6-13(17)7-5-12/h3-9,11,16H,19H2,1-2H3. The van der Waals surface area contributed by atoms with Crippen molar-refractivity contribution >= 4 is 27.5 Å². The third kappa shape index (κ3) is 3.75. The molecule has 2 aromatic rings. The quantitative estimate of drug-likeness (QED) is 0.849. The molecule has 20 heavy (non-hydrogen) atoms. The van der Waals surface area contributed by atoms with Gasteiger partial charge in [-0.25, -0.2) is 0 Å². The lowest BCUT2D eigenvalue weighted by Crippen LogP contribution is -2.29. The van der Waals surface area contributed by atoms with Crippen LogP contribution in [-0.4, -0.2) is 6.04 Å². The summed E-state index contributed by atoms with van der Waals surface area (Å²) in [6.07, 6.45) is -0.234. The topological polar surface area (TPSA) is 35.2 Å². The van der Waals surface area contributed by atoms with E-state index in [4.69, 9.17) is 22.1 Å². The van der Waals surface area contributed by atoms with Crippen LogP contribution in [0.2, 0.25) is 5.02 Å². The van der Waals surface area contributed by atoms with Crippen LogP contribution in [-0.2, 0) is 0 Å². The van der Waals surface area contributed by atoms with E-state index in [9.17, 15) is 0 Å². The molecular formula is C16H17BrClNO. The predicted molar refractivity (Wildman–Crippen MR) is 87.3 cm³/mol. The average molecular weight is 355 g/mol. The smallest absolute Gasteiger partial charge is 0.139 e. The summed E-state index contributed by atoms with van der Waals surface area (Å²) >= 11 is 9.61. The fourth-order valence-corrected chi connectivity index (χ4v) is 2.40. The van der Waals surface area contributed by atoms with Gasteiger partial charge in [-0.05, 0) is 49.2 Å². The van der Waals surface area contributed by atoms with E-state index >= 15 is 0 Å². The second-order valence-corrected chi connectivity index (χ2v) is 6.21. The number of aryl methyl sites for hydroxylation is 1. The van der Waals surface area contributed by atoms with Gasteiger partial charge in [0.05, 0.1) is 5.02 Å². The minimum absolute atomic E-state index is 0.146. The molecular weight excluding hydrogens is 338 g/mol. The van der Waals surface area contributed by atoms with Crippen molar-refractivity contribution in [3.8, 4) is 5.75 Å². The summed E-state index contributed by atoms with van der Waals surface area (Å²) < 4.78 is 7.07. The first-order chi connectivity index (χ1) is 9.47.